The highest BCUT2D eigenvalue weighted by Crippen LogP contribution is 2.29. The molecular weight excluding hydrogens is 274 g/mol. The first-order valence-electron chi connectivity index (χ1n) is 3.38. The number of carbonyl (C=O) groups is 1. The van der Waals surface area contributed by atoms with Gasteiger partial charge in [-0.05, 0) is 12.8 Å². The first kappa shape index (κ1) is 9.26. The molecule has 0 spiro atoms. The Morgan fingerprint density at radius 3 is 2.64 bits per heavy atom. The van der Waals surface area contributed by atoms with E-state index in [1.807, 2.05) is 6.08 Å². The van der Waals surface area contributed by atoms with Gasteiger partial charge in [-0.25, -0.2) is 0 Å². The number of primary amides is 1. The minimum absolute atomic E-state index is 0.297. The van der Waals surface area contributed by atoms with E-state index in [1.54, 1.807) is 0 Å². The van der Waals surface area contributed by atoms with Crippen molar-refractivity contribution in [3.05, 3.63) is 11.6 Å². The lowest BCUT2D eigenvalue weighted by molar-refractivity contribution is -0.114. The van der Waals surface area contributed by atoms with Gasteiger partial charge in [0.05, 0.1) is 0 Å². The van der Waals surface area contributed by atoms with Gasteiger partial charge >= 0.3 is 0 Å². The van der Waals surface area contributed by atoms with Crippen LogP contribution in [0.1, 0.15) is 12.8 Å². The van der Waals surface area contributed by atoms with Crippen LogP contribution in [0.2, 0.25) is 0 Å². The molecule has 0 saturated heterocycles. The van der Waals surface area contributed by atoms with Crippen LogP contribution in [-0.4, -0.2) is 15.6 Å². The lowest BCUT2D eigenvalue weighted by Gasteiger charge is -2.20. The molecule has 0 aromatic heterocycles. The fraction of sp³-hybridized carbons (Fsp3) is 0.571. The number of hydrogen-bond acceptors (Lipinski definition) is 1. The van der Waals surface area contributed by atoms with Crippen LogP contribution in [0.3, 0.4) is 0 Å². The highest BCUT2D eigenvalue weighted by Gasteiger charge is 2.22. The molecule has 0 bridgehead atoms. The number of amides is 1. The van der Waals surface area contributed by atoms with Crippen LogP contribution in [-0.2, 0) is 4.79 Å². The summed E-state index contributed by atoms with van der Waals surface area (Å²) < 4.78 is 0. The van der Waals surface area contributed by atoms with Crippen molar-refractivity contribution in [1.82, 2.24) is 0 Å². The van der Waals surface area contributed by atoms with Gasteiger partial charge in [-0.15, -0.1) is 0 Å². The molecule has 11 heavy (non-hydrogen) atoms. The van der Waals surface area contributed by atoms with E-state index in [2.05, 4.69) is 31.9 Å². The molecule has 2 N–H and O–H groups in total. The van der Waals surface area contributed by atoms with Gasteiger partial charge in [-0.1, -0.05) is 37.9 Å². The lowest BCUT2D eigenvalue weighted by atomic mass is 9.99. The smallest absolute Gasteiger partial charge is 0.244 e. The fourth-order valence-corrected chi connectivity index (χ4v) is 1.96. The molecule has 2 nitrogen and oxygen atoms in total. The SMILES string of the molecule is NC(=O)C1=CCC(Br)C(Br)C1. The highest BCUT2D eigenvalue weighted by molar-refractivity contribution is 9.12. The van der Waals surface area contributed by atoms with Gasteiger partial charge in [0.15, 0.2) is 0 Å². The summed E-state index contributed by atoms with van der Waals surface area (Å²) >= 11 is 6.95. The molecule has 0 radical (unpaired) electrons. The number of halogens is 2. The van der Waals surface area contributed by atoms with Crippen LogP contribution in [0.25, 0.3) is 0 Å². The van der Waals surface area contributed by atoms with E-state index in [0.717, 1.165) is 18.4 Å². The van der Waals surface area contributed by atoms with E-state index in [-0.39, 0.29) is 5.91 Å². The number of hydrogen-bond donors (Lipinski definition) is 1. The van der Waals surface area contributed by atoms with Gasteiger partial charge in [-0.2, -0.15) is 0 Å². The van der Waals surface area contributed by atoms with Gasteiger partial charge < -0.3 is 5.73 Å². The van der Waals surface area contributed by atoms with E-state index in [4.69, 9.17) is 5.73 Å². The highest BCUT2D eigenvalue weighted by atomic mass is 79.9. The molecule has 2 atom stereocenters. The topological polar surface area (TPSA) is 43.1 Å². The molecule has 0 aromatic rings. The first-order valence-corrected chi connectivity index (χ1v) is 5.21. The van der Waals surface area contributed by atoms with Crippen LogP contribution in [0.4, 0.5) is 0 Å². The lowest BCUT2D eigenvalue weighted by Crippen LogP contribution is -2.25. The van der Waals surface area contributed by atoms with Crippen molar-refractivity contribution in [2.24, 2.45) is 5.73 Å². The Kier molecular flexibility index (Phi) is 3.13. The third-order valence-corrected chi connectivity index (χ3v) is 4.40. The van der Waals surface area contributed by atoms with E-state index in [0.29, 0.717) is 9.65 Å². The van der Waals surface area contributed by atoms with E-state index < -0.39 is 0 Å². The minimum Gasteiger partial charge on any atom is -0.366 e. The molecule has 0 aliphatic heterocycles. The molecule has 1 aliphatic carbocycles. The molecule has 1 aliphatic rings. The Hall–Kier alpha value is 0.170. The van der Waals surface area contributed by atoms with E-state index >= 15 is 0 Å². The van der Waals surface area contributed by atoms with E-state index in [9.17, 15) is 4.79 Å². The zero-order valence-electron chi connectivity index (χ0n) is 5.89. The maximum Gasteiger partial charge on any atom is 0.244 e. The summed E-state index contributed by atoms with van der Waals surface area (Å²) in [6.07, 6.45) is 3.50. The van der Waals surface area contributed by atoms with Crippen LogP contribution in [0.15, 0.2) is 11.6 Å². The number of rotatable bonds is 1. The maximum absolute atomic E-state index is 10.7. The molecule has 4 heteroatoms. The van der Waals surface area contributed by atoms with Crippen LogP contribution >= 0.6 is 31.9 Å². The van der Waals surface area contributed by atoms with Gasteiger partial charge in [0.2, 0.25) is 5.91 Å². The number of carbonyl (C=O) groups excluding carboxylic acids is 1. The summed E-state index contributed by atoms with van der Waals surface area (Å²) in [5.74, 6) is -0.297. The van der Waals surface area contributed by atoms with E-state index in [1.165, 1.54) is 0 Å². The van der Waals surface area contributed by atoms with Crippen molar-refractivity contribution in [2.45, 2.75) is 22.5 Å². The molecule has 0 heterocycles. The number of allylic oxidation sites excluding steroid dienone is 1. The molecule has 0 saturated carbocycles. The first-order chi connectivity index (χ1) is 5.11. The third-order valence-electron chi connectivity index (χ3n) is 1.71. The quantitative estimate of drug-likeness (QED) is 0.731. The zero-order chi connectivity index (χ0) is 8.43. The maximum atomic E-state index is 10.7. The summed E-state index contributed by atoms with van der Waals surface area (Å²) in [6, 6.07) is 0. The average Bonchev–Trinajstić information content (AvgIpc) is 1.94. The molecular formula is C7H9Br2NO. The van der Waals surface area contributed by atoms with Crippen LogP contribution < -0.4 is 5.73 Å². The van der Waals surface area contributed by atoms with Crippen LogP contribution in [0, 0.1) is 0 Å². The Labute approximate surface area is 82.5 Å². The number of nitrogens with two attached hydrogens (primary N) is 1. The second-order valence-corrected chi connectivity index (χ2v) is 4.92. The molecule has 0 fully saturated rings. The van der Waals surface area contributed by atoms with Crippen molar-refractivity contribution < 1.29 is 4.79 Å². The average molecular weight is 283 g/mol. The van der Waals surface area contributed by atoms with Crippen LogP contribution in [0.5, 0.6) is 0 Å². The summed E-state index contributed by atoms with van der Waals surface area (Å²) in [6.45, 7) is 0. The minimum atomic E-state index is -0.297. The van der Waals surface area contributed by atoms with Crippen molar-refractivity contribution in [1.29, 1.82) is 0 Å². The van der Waals surface area contributed by atoms with Crippen molar-refractivity contribution in [3.8, 4) is 0 Å². The number of alkyl halides is 2. The monoisotopic (exact) mass is 281 g/mol. The fourth-order valence-electron chi connectivity index (χ4n) is 1.02. The normalized spacial score (nSPS) is 31.3. The molecule has 0 aromatic carbocycles. The second kappa shape index (κ2) is 3.72. The molecule has 2 unspecified atom stereocenters. The standard InChI is InChI=1S/C7H9Br2NO/c8-5-2-1-4(7(10)11)3-6(5)9/h1,5-6H,2-3H2,(H2,10,11). The van der Waals surface area contributed by atoms with Gasteiger partial charge in [0.25, 0.3) is 0 Å². The predicted molar refractivity (Wildman–Crippen MR) is 51.9 cm³/mol. The summed E-state index contributed by atoms with van der Waals surface area (Å²) in [5, 5.41) is 0. The molecule has 1 amide bonds. The summed E-state index contributed by atoms with van der Waals surface area (Å²) in [7, 11) is 0. The third kappa shape index (κ3) is 2.30. The Balaban J connectivity index is 2.66. The molecule has 62 valence electrons. The Bertz CT molecular complexity index is 203. The predicted octanol–water partition coefficient (Wildman–Crippen LogP) is 1.72. The summed E-state index contributed by atoms with van der Waals surface area (Å²) in [4.78, 5) is 11.5. The zero-order valence-corrected chi connectivity index (χ0v) is 9.06. The van der Waals surface area contributed by atoms with Crippen molar-refractivity contribution in [3.63, 3.8) is 0 Å². The second-order valence-electron chi connectivity index (χ2n) is 2.57. The largest absolute Gasteiger partial charge is 0.366 e. The van der Waals surface area contributed by atoms with Crippen molar-refractivity contribution >= 4 is 37.8 Å². The molecule has 1 rings (SSSR count). The van der Waals surface area contributed by atoms with Gasteiger partial charge in [0, 0.05) is 15.2 Å². The van der Waals surface area contributed by atoms with Gasteiger partial charge in [-0.3, -0.25) is 4.79 Å². The Morgan fingerprint density at radius 2 is 2.18 bits per heavy atom. The summed E-state index contributed by atoms with van der Waals surface area (Å²) in [5.41, 5.74) is 5.87. The van der Waals surface area contributed by atoms with Crippen molar-refractivity contribution in [2.75, 3.05) is 0 Å². The Morgan fingerprint density at radius 1 is 1.55 bits per heavy atom. The van der Waals surface area contributed by atoms with Gasteiger partial charge in [0.1, 0.15) is 0 Å².